The van der Waals surface area contributed by atoms with Crippen LogP contribution in [0.25, 0.3) is 10.6 Å². The summed E-state index contributed by atoms with van der Waals surface area (Å²) in [5, 5.41) is 19.8. The second-order valence-corrected chi connectivity index (χ2v) is 6.11. The minimum atomic E-state index is -0.198. The Kier molecular flexibility index (Phi) is 4.45. The van der Waals surface area contributed by atoms with Gasteiger partial charge in [-0.25, -0.2) is 0 Å². The van der Waals surface area contributed by atoms with Gasteiger partial charge in [-0.2, -0.15) is 0 Å². The van der Waals surface area contributed by atoms with Crippen molar-refractivity contribution < 1.29 is 9.21 Å². The lowest BCUT2D eigenvalue weighted by Gasteiger charge is -1.98. The Balaban J connectivity index is 1.57. The zero-order valence-corrected chi connectivity index (χ0v) is 13.1. The van der Waals surface area contributed by atoms with E-state index in [1.165, 1.54) is 23.1 Å². The summed E-state index contributed by atoms with van der Waals surface area (Å²) in [5.41, 5.74) is 0.969. The van der Waals surface area contributed by atoms with Crippen LogP contribution >= 0.6 is 23.1 Å². The zero-order valence-electron chi connectivity index (χ0n) is 11.5. The number of aryl methyl sites for hydroxylation is 1. The highest BCUT2D eigenvalue weighted by molar-refractivity contribution is 7.99. The maximum Gasteiger partial charge on any atom is 0.277 e. The number of amides is 1. The molecule has 1 N–H and O–H groups in total. The van der Waals surface area contributed by atoms with Crippen LogP contribution in [0.4, 0.5) is 5.13 Å². The molecule has 2 aromatic heterocycles. The summed E-state index contributed by atoms with van der Waals surface area (Å²) in [4.78, 5) is 11.9. The molecule has 1 amide bonds. The van der Waals surface area contributed by atoms with Crippen molar-refractivity contribution in [2.24, 2.45) is 0 Å². The Labute approximate surface area is 134 Å². The standard InChI is InChI=1S/C13H11N5O2S2/c1-8-15-18-13(20-8)21-7-10(19)14-12-17-16-11(22-12)9-5-3-2-4-6-9/h2-6H,7H2,1H3,(H,14,17,19). The molecule has 0 aliphatic rings. The van der Waals surface area contributed by atoms with Gasteiger partial charge in [0.25, 0.3) is 5.22 Å². The summed E-state index contributed by atoms with van der Waals surface area (Å²) in [5.74, 6) is 0.443. The fourth-order valence-corrected chi connectivity index (χ4v) is 2.96. The van der Waals surface area contributed by atoms with Gasteiger partial charge in [0.2, 0.25) is 16.9 Å². The van der Waals surface area contributed by atoms with Crippen LogP contribution in [0, 0.1) is 6.92 Å². The van der Waals surface area contributed by atoms with Crippen LogP contribution in [0.2, 0.25) is 0 Å². The Hall–Kier alpha value is -2.26. The SMILES string of the molecule is Cc1nnc(SCC(=O)Nc2nnc(-c3ccccc3)s2)o1. The van der Waals surface area contributed by atoms with E-state index in [1.54, 1.807) is 6.92 Å². The Bertz CT molecular complexity index is 772. The largest absolute Gasteiger partial charge is 0.416 e. The summed E-state index contributed by atoms with van der Waals surface area (Å²) in [7, 11) is 0. The van der Waals surface area contributed by atoms with Crippen molar-refractivity contribution in [3.63, 3.8) is 0 Å². The van der Waals surface area contributed by atoms with E-state index in [2.05, 4.69) is 25.7 Å². The topological polar surface area (TPSA) is 93.8 Å². The van der Waals surface area contributed by atoms with Gasteiger partial charge in [-0.3, -0.25) is 10.1 Å². The van der Waals surface area contributed by atoms with E-state index in [-0.39, 0.29) is 11.7 Å². The normalized spacial score (nSPS) is 10.6. The predicted molar refractivity (Wildman–Crippen MR) is 83.7 cm³/mol. The number of rotatable bonds is 5. The van der Waals surface area contributed by atoms with Crippen molar-refractivity contribution in [1.82, 2.24) is 20.4 Å². The first-order valence-electron chi connectivity index (χ1n) is 6.32. The molecule has 9 heteroatoms. The molecule has 0 bridgehead atoms. The van der Waals surface area contributed by atoms with Crippen LogP contribution in [0.3, 0.4) is 0 Å². The van der Waals surface area contributed by atoms with Crippen LogP contribution in [0.1, 0.15) is 5.89 Å². The average Bonchev–Trinajstić information content (AvgIpc) is 3.15. The van der Waals surface area contributed by atoms with Gasteiger partial charge < -0.3 is 4.42 Å². The minimum absolute atomic E-state index is 0.169. The minimum Gasteiger partial charge on any atom is -0.416 e. The summed E-state index contributed by atoms with van der Waals surface area (Å²) in [6, 6.07) is 9.68. The van der Waals surface area contributed by atoms with Gasteiger partial charge in [-0.15, -0.1) is 20.4 Å². The van der Waals surface area contributed by atoms with Gasteiger partial charge in [0.15, 0.2) is 0 Å². The van der Waals surface area contributed by atoms with Crippen molar-refractivity contribution in [3.05, 3.63) is 36.2 Å². The van der Waals surface area contributed by atoms with Gasteiger partial charge in [0.05, 0.1) is 5.75 Å². The Morgan fingerprint density at radius 2 is 2.05 bits per heavy atom. The molecule has 1 aromatic carbocycles. The maximum atomic E-state index is 11.9. The molecule has 0 aliphatic carbocycles. The smallest absolute Gasteiger partial charge is 0.277 e. The number of benzene rings is 1. The number of nitrogens with one attached hydrogen (secondary N) is 1. The van der Waals surface area contributed by atoms with Crippen LogP contribution in [-0.4, -0.2) is 32.1 Å². The summed E-state index contributed by atoms with van der Waals surface area (Å²) in [6.07, 6.45) is 0. The van der Waals surface area contributed by atoms with Crippen LogP contribution < -0.4 is 5.32 Å². The molecular formula is C13H11N5O2S2. The first-order valence-corrected chi connectivity index (χ1v) is 8.12. The Morgan fingerprint density at radius 3 is 2.77 bits per heavy atom. The number of thioether (sulfide) groups is 1. The molecular weight excluding hydrogens is 322 g/mol. The molecule has 7 nitrogen and oxygen atoms in total. The molecule has 0 radical (unpaired) electrons. The molecule has 22 heavy (non-hydrogen) atoms. The first kappa shape index (κ1) is 14.7. The second-order valence-electron chi connectivity index (χ2n) is 4.20. The maximum absolute atomic E-state index is 11.9. The van der Waals surface area contributed by atoms with Gasteiger partial charge in [-0.05, 0) is 0 Å². The number of hydrogen-bond donors (Lipinski definition) is 1. The van der Waals surface area contributed by atoms with Crippen LogP contribution in [0.15, 0.2) is 40.0 Å². The van der Waals surface area contributed by atoms with E-state index in [1.807, 2.05) is 30.3 Å². The number of anilines is 1. The summed E-state index contributed by atoms with van der Waals surface area (Å²) in [6.45, 7) is 1.70. The molecule has 3 rings (SSSR count). The van der Waals surface area contributed by atoms with Crippen molar-refractivity contribution in [2.45, 2.75) is 12.1 Å². The molecule has 0 unspecified atom stereocenters. The highest BCUT2D eigenvalue weighted by Gasteiger charge is 2.11. The molecule has 0 fully saturated rings. The third kappa shape index (κ3) is 3.68. The number of carbonyl (C=O) groups is 1. The summed E-state index contributed by atoms with van der Waals surface area (Å²) < 4.78 is 5.18. The molecule has 0 saturated heterocycles. The number of aromatic nitrogens is 4. The van der Waals surface area contributed by atoms with E-state index < -0.39 is 0 Å². The third-order valence-electron chi connectivity index (χ3n) is 2.53. The van der Waals surface area contributed by atoms with Gasteiger partial charge in [0, 0.05) is 12.5 Å². The van der Waals surface area contributed by atoms with E-state index in [9.17, 15) is 4.79 Å². The summed E-state index contributed by atoms with van der Waals surface area (Å²) >= 11 is 2.50. The van der Waals surface area contributed by atoms with E-state index in [4.69, 9.17) is 4.42 Å². The molecule has 0 saturated carbocycles. The zero-order chi connectivity index (χ0) is 15.4. The van der Waals surface area contributed by atoms with Gasteiger partial charge in [-0.1, -0.05) is 53.4 Å². The average molecular weight is 333 g/mol. The highest BCUT2D eigenvalue weighted by atomic mass is 32.2. The number of nitrogens with zero attached hydrogens (tertiary/aromatic N) is 4. The van der Waals surface area contributed by atoms with E-state index in [0.29, 0.717) is 16.2 Å². The second kappa shape index (κ2) is 6.67. The Morgan fingerprint density at radius 1 is 1.23 bits per heavy atom. The highest BCUT2D eigenvalue weighted by Crippen LogP contribution is 2.26. The van der Waals surface area contributed by atoms with Crippen molar-refractivity contribution in [3.8, 4) is 10.6 Å². The molecule has 3 aromatic rings. The lowest BCUT2D eigenvalue weighted by molar-refractivity contribution is -0.113. The predicted octanol–water partition coefficient (Wildman–Crippen LogP) is 2.63. The number of hydrogen-bond acceptors (Lipinski definition) is 8. The number of carbonyl (C=O) groups excluding carboxylic acids is 1. The van der Waals surface area contributed by atoms with Crippen LogP contribution in [0.5, 0.6) is 0 Å². The fraction of sp³-hybridized carbons (Fsp3) is 0.154. The van der Waals surface area contributed by atoms with E-state index >= 15 is 0 Å². The monoisotopic (exact) mass is 333 g/mol. The third-order valence-corrected chi connectivity index (χ3v) is 4.23. The fourth-order valence-electron chi connectivity index (χ4n) is 1.59. The first-order chi connectivity index (χ1) is 10.7. The quantitative estimate of drug-likeness (QED) is 0.717. The molecule has 0 aliphatic heterocycles. The molecule has 112 valence electrons. The van der Waals surface area contributed by atoms with E-state index in [0.717, 1.165) is 10.6 Å². The van der Waals surface area contributed by atoms with Gasteiger partial charge >= 0.3 is 0 Å². The van der Waals surface area contributed by atoms with Crippen LogP contribution in [-0.2, 0) is 4.79 Å². The molecule has 2 heterocycles. The molecule has 0 atom stereocenters. The molecule has 0 spiro atoms. The van der Waals surface area contributed by atoms with Crippen molar-refractivity contribution in [2.75, 3.05) is 11.1 Å². The van der Waals surface area contributed by atoms with Crippen molar-refractivity contribution in [1.29, 1.82) is 0 Å². The lowest BCUT2D eigenvalue weighted by atomic mass is 10.2. The van der Waals surface area contributed by atoms with Gasteiger partial charge in [0.1, 0.15) is 5.01 Å². The lowest BCUT2D eigenvalue weighted by Crippen LogP contribution is -2.13. The van der Waals surface area contributed by atoms with Crippen molar-refractivity contribution >= 4 is 34.1 Å².